The topological polar surface area (TPSA) is 125 Å². The van der Waals surface area contributed by atoms with Crippen LogP contribution in [0.1, 0.15) is 69.2 Å². The number of hydrogen-bond donors (Lipinski definition) is 1. The Balaban J connectivity index is 1.55. The lowest BCUT2D eigenvalue weighted by atomic mass is 9.86. The van der Waals surface area contributed by atoms with Crippen molar-refractivity contribution in [2.75, 3.05) is 0 Å². The highest BCUT2D eigenvalue weighted by atomic mass is 16.6. The number of ether oxygens (including phenoxy) is 2. The molecule has 9 heteroatoms. The van der Waals surface area contributed by atoms with Gasteiger partial charge in [0, 0.05) is 28.9 Å². The van der Waals surface area contributed by atoms with Crippen LogP contribution in [0.2, 0.25) is 0 Å². The largest absolute Gasteiger partial charge is 0.458 e. The van der Waals surface area contributed by atoms with Gasteiger partial charge >= 0.3 is 11.9 Å². The number of nitrogens with zero attached hydrogens (tertiary/aromatic N) is 2. The van der Waals surface area contributed by atoms with Gasteiger partial charge in [-0.25, -0.2) is 9.78 Å². The highest BCUT2D eigenvalue weighted by molar-refractivity contribution is 5.91. The Morgan fingerprint density at radius 1 is 1.16 bits per heavy atom. The van der Waals surface area contributed by atoms with Gasteiger partial charge in [0.1, 0.15) is 18.1 Å². The van der Waals surface area contributed by atoms with Gasteiger partial charge in [0.15, 0.2) is 5.60 Å². The number of cyclic esters (lactones) is 1. The summed E-state index contributed by atoms with van der Waals surface area (Å²) < 4.78 is 12.3. The van der Waals surface area contributed by atoms with Crippen LogP contribution in [0.3, 0.4) is 0 Å². The fourth-order valence-electron chi connectivity index (χ4n) is 5.30. The molecule has 0 unspecified atom stereocenters. The van der Waals surface area contributed by atoms with Gasteiger partial charge in [-0.2, -0.15) is 0 Å². The van der Waals surface area contributed by atoms with E-state index in [0.717, 1.165) is 16.5 Å². The van der Waals surface area contributed by atoms with E-state index in [-0.39, 0.29) is 54.3 Å². The molecule has 198 valence electrons. The fraction of sp³-hybridized carbons (Fsp3) is 0.414. The van der Waals surface area contributed by atoms with Gasteiger partial charge in [-0.3, -0.25) is 14.4 Å². The van der Waals surface area contributed by atoms with Crippen LogP contribution >= 0.6 is 0 Å². The molecular weight excluding hydrogens is 488 g/mol. The monoisotopic (exact) mass is 518 g/mol. The number of aryl methyl sites for hydroxylation is 1. The molecule has 0 amide bonds. The Labute approximate surface area is 219 Å². The molecule has 5 rings (SSSR count). The maximum Gasteiger partial charge on any atom is 0.343 e. The maximum absolute atomic E-state index is 13.5. The van der Waals surface area contributed by atoms with Crippen molar-refractivity contribution < 1.29 is 29.0 Å². The second-order valence-electron chi connectivity index (χ2n) is 10.1. The lowest BCUT2D eigenvalue weighted by Gasteiger charge is -2.31. The second-order valence-corrected chi connectivity index (χ2v) is 10.1. The minimum atomic E-state index is -1.88. The zero-order chi connectivity index (χ0) is 27.4. The molecule has 2 aliphatic heterocycles. The van der Waals surface area contributed by atoms with Crippen LogP contribution in [0.15, 0.2) is 29.1 Å². The van der Waals surface area contributed by atoms with Crippen LogP contribution in [-0.4, -0.2) is 32.4 Å². The van der Waals surface area contributed by atoms with Crippen molar-refractivity contribution in [3.63, 3.8) is 0 Å². The summed E-state index contributed by atoms with van der Waals surface area (Å²) >= 11 is 0. The zero-order valence-electron chi connectivity index (χ0n) is 21.9. The third-order valence-electron chi connectivity index (χ3n) is 7.58. The first kappa shape index (κ1) is 25.8. The highest BCUT2D eigenvalue weighted by Crippen LogP contribution is 2.40. The lowest BCUT2D eigenvalue weighted by molar-refractivity contribution is -0.172. The van der Waals surface area contributed by atoms with Gasteiger partial charge in [0.25, 0.3) is 5.56 Å². The number of rotatable bonds is 7. The molecule has 3 aromatic rings. The lowest BCUT2D eigenvalue weighted by Crippen LogP contribution is -2.44. The van der Waals surface area contributed by atoms with Gasteiger partial charge in [-0.15, -0.1) is 0 Å². The molecule has 4 heterocycles. The summed E-state index contributed by atoms with van der Waals surface area (Å²) in [5, 5.41) is 11.9. The first-order chi connectivity index (χ1) is 18.1. The number of benzene rings is 1. The Morgan fingerprint density at radius 3 is 2.61 bits per heavy atom. The smallest absolute Gasteiger partial charge is 0.343 e. The second kappa shape index (κ2) is 9.47. The van der Waals surface area contributed by atoms with Crippen molar-refractivity contribution in [1.82, 2.24) is 9.55 Å². The molecule has 1 N–H and O–H groups in total. The summed E-state index contributed by atoms with van der Waals surface area (Å²) in [6.45, 7) is 7.39. The highest BCUT2D eigenvalue weighted by Gasteiger charge is 2.45. The minimum Gasteiger partial charge on any atom is -0.458 e. The van der Waals surface area contributed by atoms with Gasteiger partial charge in [-0.05, 0) is 42.7 Å². The predicted molar refractivity (Wildman–Crippen MR) is 139 cm³/mol. The van der Waals surface area contributed by atoms with E-state index in [9.17, 15) is 24.3 Å². The first-order valence-electron chi connectivity index (χ1n) is 12.9. The van der Waals surface area contributed by atoms with Crippen molar-refractivity contribution >= 4 is 28.6 Å². The van der Waals surface area contributed by atoms with Crippen LogP contribution in [-0.2, 0) is 44.3 Å². The number of fused-ring (bicyclic) bond motifs is 5. The molecule has 2 aliphatic rings. The number of carbonyl (C=O) groups is 3. The first-order valence-corrected chi connectivity index (χ1v) is 12.9. The summed E-state index contributed by atoms with van der Waals surface area (Å²) in [5.74, 6) is -0.988. The summed E-state index contributed by atoms with van der Waals surface area (Å²) in [4.78, 5) is 54.9. The standard InChI is InChI=1S/C29H30N2O7/c1-5-17-18-11-16(38-25(33)10-9-24(32)15(3)4)7-8-22(18)30-26-19(17)13-31-23(26)12-21-20(27(31)34)14-37-28(35)29(21,36)6-2/h7-8,11-12,15,36H,5-6,9-10,13-14H2,1-4H3/t29-/m0/s1. The zero-order valence-corrected chi connectivity index (χ0v) is 21.9. The molecule has 0 radical (unpaired) electrons. The van der Waals surface area contributed by atoms with E-state index in [4.69, 9.17) is 14.5 Å². The van der Waals surface area contributed by atoms with E-state index >= 15 is 0 Å². The summed E-state index contributed by atoms with van der Waals surface area (Å²) in [5.41, 5.74) is 2.04. The molecule has 38 heavy (non-hydrogen) atoms. The molecule has 0 saturated heterocycles. The molecule has 0 bridgehead atoms. The maximum atomic E-state index is 13.5. The molecule has 1 aromatic carbocycles. The van der Waals surface area contributed by atoms with Crippen molar-refractivity contribution in [2.24, 2.45) is 5.92 Å². The fourth-order valence-corrected chi connectivity index (χ4v) is 5.30. The Kier molecular flexibility index (Phi) is 6.43. The van der Waals surface area contributed by atoms with Crippen LogP contribution in [0.5, 0.6) is 5.75 Å². The Bertz CT molecular complexity index is 1570. The SMILES string of the molecule is CCc1c2c(nc3ccc(OC(=O)CCC(=O)C(C)C)cc13)-c1cc3c(c(=O)n1C2)COC(=O)[C@]3(O)CC. The normalized spacial score (nSPS) is 17.7. The van der Waals surface area contributed by atoms with Gasteiger partial charge in [0.05, 0.1) is 35.4 Å². The van der Waals surface area contributed by atoms with E-state index in [1.807, 2.05) is 6.92 Å². The van der Waals surface area contributed by atoms with E-state index in [1.165, 1.54) is 0 Å². The predicted octanol–water partition coefficient (Wildman–Crippen LogP) is 3.55. The minimum absolute atomic E-state index is 0.0113. The van der Waals surface area contributed by atoms with Crippen LogP contribution in [0.4, 0.5) is 0 Å². The van der Waals surface area contributed by atoms with E-state index in [1.54, 1.807) is 49.6 Å². The molecule has 2 aromatic heterocycles. The van der Waals surface area contributed by atoms with Gasteiger partial charge in [-0.1, -0.05) is 27.7 Å². The Morgan fingerprint density at radius 2 is 1.92 bits per heavy atom. The number of carbonyl (C=O) groups excluding carboxylic acids is 3. The number of aliphatic hydroxyl groups is 1. The average Bonchev–Trinajstić information content (AvgIpc) is 3.26. The molecule has 9 nitrogen and oxygen atoms in total. The van der Waals surface area contributed by atoms with Crippen molar-refractivity contribution in [2.45, 2.75) is 72.1 Å². The van der Waals surface area contributed by atoms with E-state index in [2.05, 4.69) is 0 Å². The van der Waals surface area contributed by atoms with Crippen LogP contribution in [0, 0.1) is 5.92 Å². The number of ketones is 1. The van der Waals surface area contributed by atoms with Crippen LogP contribution < -0.4 is 10.3 Å². The third kappa shape index (κ3) is 4.01. The molecule has 0 fully saturated rings. The quantitative estimate of drug-likeness (QED) is 0.291. The Hall–Kier alpha value is -3.85. The summed E-state index contributed by atoms with van der Waals surface area (Å²) in [6.07, 6.45) is 0.870. The average molecular weight is 519 g/mol. The summed E-state index contributed by atoms with van der Waals surface area (Å²) in [6, 6.07) is 6.88. The van der Waals surface area contributed by atoms with Gasteiger partial charge in [0.2, 0.25) is 0 Å². The van der Waals surface area contributed by atoms with E-state index < -0.39 is 17.5 Å². The summed E-state index contributed by atoms with van der Waals surface area (Å²) in [7, 11) is 0. The van der Waals surface area contributed by atoms with Crippen LogP contribution in [0.25, 0.3) is 22.3 Å². The molecule has 0 spiro atoms. The molecule has 1 atom stereocenters. The number of aromatic nitrogens is 2. The number of pyridine rings is 2. The number of hydrogen-bond acceptors (Lipinski definition) is 8. The van der Waals surface area contributed by atoms with E-state index in [0.29, 0.717) is 35.6 Å². The molecule has 0 aliphatic carbocycles. The number of esters is 2. The van der Waals surface area contributed by atoms with Crippen molar-refractivity contribution in [3.05, 3.63) is 56.9 Å². The number of Topliss-reactive ketones (excluding diaryl/α,β-unsaturated/α-hetero) is 1. The van der Waals surface area contributed by atoms with Crippen molar-refractivity contribution in [3.8, 4) is 17.1 Å². The van der Waals surface area contributed by atoms with Gasteiger partial charge < -0.3 is 19.1 Å². The van der Waals surface area contributed by atoms with Crippen molar-refractivity contribution in [1.29, 1.82) is 0 Å². The molecule has 0 saturated carbocycles. The third-order valence-corrected chi connectivity index (χ3v) is 7.58. The molecular formula is C29H30N2O7.